The minimum absolute atomic E-state index is 0.518. The van der Waals surface area contributed by atoms with Gasteiger partial charge in [0.25, 0.3) is 0 Å². The predicted molar refractivity (Wildman–Crippen MR) is 38.6 cm³/mol. The Morgan fingerprint density at radius 3 is 1.81 bits per heavy atom. The normalized spacial score (nSPS) is 14.0. The summed E-state index contributed by atoms with van der Waals surface area (Å²) in [6.45, 7) is 0.604. The summed E-state index contributed by atoms with van der Waals surface area (Å²) in [4.78, 5) is 0. The Bertz CT molecular complexity index is 262. The Labute approximate surface area is 93.4 Å². The van der Waals surface area contributed by atoms with Gasteiger partial charge in [-0.25, -0.2) is 0 Å². The van der Waals surface area contributed by atoms with Gasteiger partial charge in [-0.1, -0.05) is 0 Å². The van der Waals surface area contributed by atoms with Gasteiger partial charge in [0.2, 0.25) is 0 Å². The number of hydrogen-bond donors (Lipinski definition) is 0. The summed E-state index contributed by atoms with van der Waals surface area (Å²) in [5.41, 5.74) is 0. The Morgan fingerprint density at radius 2 is 1.50 bits per heavy atom. The first-order valence-electron chi connectivity index (χ1n) is 3.93. The average Bonchev–Trinajstić information content (AvgIpc) is 1.99. The third-order valence-electron chi connectivity index (χ3n) is 1.41. The zero-order valence-corrected chi connectivity index (χ0v) is 10.7. The number of halogens is 7. The molecule has 0 rings (SSSR count). The van der Waals surface area contributed by atoms with Crippen LogP contribution in [0.5, 0.6) is 0 Å². The fourth-order valence-corrected chi connectivity index (χ4v) is 3.10. The number of alkyl halides is 7. The molecule has 0 aromatic carbocycles. The van der Waals surface area contributed by atoms with Crippen LogP contribution < -0.4 is 0 Å². The average molecular weight is 363 g/mol. The van der Waals surface area contributed by atoms with E-state index in [1.165, 1.54) is 0 Å². The summed E-state index contributed by atoms with van der Waals surface area (Å²) >= 11 is -5.55. The molecule has 0 aliphatic carbocycles. The van der Waals surface area contributed by atoms with Crippen molar-refractivity contribution < 1.29 is 36.9 Å². The Hall–Kier alpha value is 0.0687. The van der Waals surface area contributed by atoms with Crippen LogP contribution in [0.2, 0.25) is 0 Å². The molecular formula is C6H7F7O2Sn. The first-order chi connectivity index (χ1) is 6.94. The molecule has 0 aromatic rings. The zero-order chi connectivity index (χ0) is 13.2. The molecule has 2 nitrogen and oxygen atoms in total. The second kappa shape index (κ2) is 5.15. The molecule has 0 unspecified atom stereocenters. The fraction of sp³-hybridized carbons (Fsp3) is 1.00. The maximum atomic E-state index is 12.7. The van der Waals surface area contributed by atoms with Crippen molar-refractivity contribution in [2.75, 3.05) is 6.61 Å². The van der Waals surface area contributed by atoms with Crippen molar-refractivity contribution in [3.63, 3.8) is 0 Å². The molecule has 0 spiro atoms. The molecule has 0 aliphatic heterocycles. The van der Waals surface area contributed by atoms with Crippen molar-refractivity contribution in [1.82, 2.24) is 0 Å². The zero-order valence-electron chi connectivity index (χ0n) is 7.88. The Morgan fingerprint density at radius 1 is 1.06 bits per heavy atom. The first kappa shape index (κ1) is 16.1. The Kier molecular flexibility index (Phi) is 5.17. The first-order valence-corrected chi connectivity index (χ1v) is 7.69. The molecule has 0 saturated carbocycles. The van der Waals surface area contributed by atoms with Crippen molar-refractivity contribution in [2.45, 2.75) is 29.4 Å². The van der Waals surface area contributed by atoms with Crippen LogP contribution in [0.25, 0.3) is 0 Å². The third kappa shape index (κ3) is 4.15. The van der Waals surface area contributed by atoms with E-state index in [4.69, 9.17) is 0 Å². The summed E-state index contributed by atoms with van der Waals surface area (Å²) in [5, 5.41) is 0. The molecule has 0 radical (unpaired) electrons. The van der Waals surface area contributed by atoms with Crippen LogP contribution in [-0.4, -0.2) is 42.8 Å². The Balaban J connectivity index is 4.90. The van der Waals surface area contributed by atoms with Gasteiger partial charge in [-0.3, -0.25) is 0 Å². The van der Waals surface area contributed by atoms with E-state index in [1.54, 1.807) is 0 Å². The second-order valence-corrected chi connectivity index (χ2v) is 7.05. The molecule has 0 aliphatic rings. The van der Waals surface area contributed by atoms with Crippen molar-refractivity contribution in [1.29, 1.82) is 0 Å². The van der Waals surface area contributed by atoms with Gasteiger partial charge >= 0.3 is 93.0 Å². The van der Waals surface area contributed by atoms with E-state index < -0.39 is 49.2 Å². The minimum atomic E-state index is -5.55. The van der Waals surface area contributed by atoms with E-state index in [0.717, 1.165) is 6.92 Å². The van der Waals surface area contributed by atoms with Gasteiger partial charge in [-0.2, -0.15) is 0 Å². The van der Waals surface area contributed by atoms with Crippen LogP contribution in [0.4, 0.5) is 30.7 Å². The van der Waals surface area contributed by atoms with E-state index in [0.29, 0.717) is 0 Å². The molecule has 10 heteroatoms. The molecule has 0 saturated heterocycles. The number of hydrogen-bond acceptors (Lipinski definition) is 2. The van der Waals surface area contributed by atoms with Gasteiger partial charge < -0.3 is 0 Å². The molecule has 16 heavy (non-hydrogen) atoms. The summed E-state index contributed by atoms with van der Waals surface area (Å²) in [6, 6.07) is 0. The van der Waals surface area contributed by atoms with Crippen molar-refractivity contribution in [2.24, 2.45) is 0 Å². The molecule has 0 amide bonds. The molecule has 0 aromatic heterocycles. The SMILES string of the molecule is CC[O][Sn](=[O])[C](F)(F)C(F)(F)CC(F)(F)F. The molecule has 0 atom stereocenters. The predicted octanol–water partition coefficient (Wildman–Crippen LogP) is 2.70. The van der Waals surface area contributed by atoms with Gasteiger partial charge in [0.05, 0.1) is 0 Å². The molecule has 96 valence electrons. The summed E-state index contributed by atoms with van der Waals surface area (Å²) in [5.74, 6) is -5.41. The summed E-state index contributed by atoms with van der Waals surface area (Å²) in [6.07, 6.45) is -8.49. The molecule has 0 heterocycles. The van der Waals surface area contributed by atoms with Crippen molar-refractivity contribution in [3.05, 3.63) is 0 Å². The molecule has 0 N–H and O–H groups in total. The van der Waals surface area contributed by atoms with E-state index in [-0.39, 0.29) is 0 Å². The monoisotopic (exact) mass is 364 g/mol. The fourth-order valence-electron chi connectivity index (χ4n) is 0.734. The molecular weight excluding hydrogens is 356 g/mol. The number of rotatable bonds is 5. The van der Waals surface area contributed by atoms with Gasteiger partial charge in [-0.05, 0) is 0 Å². The van der Waals surface area contributed by atoms with Crippen LogP contribution in [0.15, 0.2) is 0 Å². The summed E-state index contributed by atoms with van der Waals surface area (Å²) < 4.78 is 94.6. The van der Waals surface area contributed by atoms with Crippen LogP contribution in [-0.2, 0) is 6.15 Å². The van der Waals surface area contributed by atoms with Crippen LogP contribution >= 0.6 is 0 Å². The topological polar surface area (TPSA) is 26.3 Å². The van der Waals surface area contributed by atoms with Gasteiger partial charge in [0.1, 0.15) is 0 Å². The van der Waals surface area contributed by atoms with Gasteiger partial charge in [0.15, 0.2) is 0 Å². The van der Waals surface area contributed by atoms with Crippen molar-refractivity contribution in [3.8, 4) is 0 Å². The van der Waals surface area contributed by atoms with E-state index in [1.807, 2.05) is 0 Å². The van der Waals surface area contributed by atoms with Crippen molar-refractivity contribution >= 4 is 20.2 Å². The van der Waals surface area contributed by atoms with Crippen LogP contribution in [0, 0.1) is 0 Å². The quantitative estimate of drug-likeness (QED) is 0.555. The summed E-state index contributed by atoms with van der Waals surface area (Å²) in [7, 11) is 0. The standard InChI is InChI=1S/C4H2F7.C2H5O.O.Sn/c5-2(6)3(7,8)1-4(9,10)11;1-2-3;;/h1H2;2H2,1H3;;/q;-1;;+1. The van der Waals surface area contributed by atoms with Crippen LogP contribution in [0.3, 0.4) is 0 Å². The van der Waals surface area contributed by atoms with E-state index in [9.17, 15) is 33.8 Å². The van der Waals surface area contributed by atoms with Gasteiger partial charge in [0, 0.05) is 0 Å². The van der Waals surface area contributed by atoms with Crippen LogP contribution in [0.1, 0.15) is 13.3 Å². The molecule has 0 fully saturated rings. The second-order valence-electron chi connectivity index (χ2n) is 2.79. The van der Waals surface area contributed by atoms with Gasteiger partial charge in [-0.15, -0.1) is 0 Å². The van der Waals surface area contributed by atoms with E-state index in [2.05, 4.69) is 3.07 Å². The van der Waals surface area contributed by atoms with E-state index >= 15 is 0 Å². The third-order valence-corrected chi connectivity index (χ3v) is 5.49. The molecule has 0 bridgehead atoms. The maximum absolute atomic E-state index is 12.7.